The van der Waals surface area contributed by atoms with Crippen molar-refractivity contribution in [2.75, 3.05) is 18.4 Å². The predicted octanol–water partition coefficient (Wildman–Crippen LogP) is 4.17. The fourth-order valence-electron chi connectivity index (χ4n) is 3.80. The number of anilines is 1. The van der Waals surface area contributed by atoms with E-state index in [0.29, 0.717) is 30.5 Å². The Balaban J connectivity index is 1.74. The van der Waals surface area contributed by atoms with E-state index in [9.17, 15) is 13.2 Å². The van der Waals surface area contributed by atoms with Crippen LogP contribution in [-0.2, 0) is 16.4 Å². The molecule has 0 aromatic heterocycles. The molecule has 0 radical (unpaired) electrons. The van der Waals surface area contributed by atoms with E-state index in [1.54, 1.807) is 16.4 Å². The molecule has 0 bridgehead atoms. The van der Waals surface area contributed by atoms with E-state index in [-0.39, 0.29) is 10.8 Å². The Hall–Kier alpha value is -2.18. The Morgan fingerprint density at radius 2 is 1.71 bits per heavy atom. The van der Waals surface area contributed by atoms with Gasteiger partial charge in [0.25, 0.3) is 5.91 Å². The van der Waals surface area contributed by atoms with Crippen LogP contribution in [0.2, 0.25) is 0 Å². The highest BCUT2D eigenvalue weighted by molar-refractivity contribution is 7.89. The van der Waals surface area contributed by atoms with Gasteiger partial charge in [-0.05, 0) is 66.6 Å². The number of sulfonamides is 1. The first-order valence-corrected chi connectivity index (χ1v) is 11.2. The smallest absolute Gasteiger partial charge is 0.255 e. The first kappa shape index (κ1) is 20.6. The Labute approximate surface area is 167 Å². The highest BCUT2D eigenvalue weighted by atomic mass is 32.2. The van der Waals surface area contributed by atoms with Gasteiger partial charge in [0.1, 0.15) is 0 Å². The summed E-state index contributed by atoms with van der Waals surface area (Å²) < 4.78 is 27.5. The minimum absolute atomic E-state index is 0.235. The second kappa shape index (κ2) is 8.45. The molecule has 3 rings (SSSR count). The Morgan fingerprint density at radius 3 is 2.32 bits per heavy atom. The zero-order chi connectivity index (χ0) is 20.3. The summed E-state index contributed by atoms with van der Waals surface area (Å²) in [6, 6.07) is 13.9. The summed E-state index contributed by atoms with van der Waals surface area (Å²) in [5.74, 6) is 0.447. The Morgan fingerprint density at radius 1 is 1.07 bits per heavy atom. The fourth-order valence-corrected chi connectivity index (χ4v) is 5.48. The van der Waals surface area contributed by atoms with Crippen LogP contribution in [0.4, 0.5) is 5.69 Å². The molecule has 1 saturated heterocycles. The summed E-state index contributed by atoms with van der Waals surface area (Å²) >= 11 is 0. The quantitative estimate of drug-likeness (QED) is 0.819. The van der Waals surface area contributed by atoms with E-state index in [1.807, 2.05) is 24.3 Å². The molecule has 1 aliphatic rings. The highest BCUT2D eigenvalue weighted by Crippen LogP contribution is 2.27. The van der Waals surface area contributed by atoms with Crippen LogP contribution >= 0.6 is 0 Å². The van der Waals surface area contributed by atoms with Crippen LogP contribution in [0, 0.1) is 11.8 Å². The van der Waals surface area contributed by atoms with Gasteiger partial charge in [0.2, 0.25) is 10.0 Å². The number of nitrogens with zero attached hydrogens (tertiary/aromatic N) is 1. The van der Waals surface area contributed by atoms with Gasteiger partial charge in [-0.1, -0.05) is 32.9 Å². The average Bonchev–Trinajstić information content (AvgIpc) is 2.67. The lowest BCUT2D eigenvalue weighted by molar-refractivity contribution is 0.102. The maximum atomic E-state index is 12.9. The van der Waals surface area contributed by atoms with Crippen molar-refractivity contribution in [1.29, 1.82) is 0 Å². The number of amides is 1. The zero-order valence-electron chi connectivity index (χ0n) is 16.7. The first-order valence-electron chi connectivity index (χ1n) is 9.80. The van der Waals surface area contributed by atoms with Gasteiger partial charge in [0.15, 0.2) is 0 Å². The van der Waals surface area contributed by atoms with Gasteiger partial charge < -0.3 is 5.32 Å². The minimum atomic E-state index is -3.54. The number of benzene rings is 2. The molecule has 6 heteroatoms. The molecule has 1 fully saturated rings. The molecule has 0 spiro atoms. The number of aryl methyl sites for hydroxylation is 1. The number of nitrogens with one attached hydrogen (secondary N) is 1. The van der Waals surface area contributed by atoms with E-state index in [1.165, 1.54) is 12.1 Å². The van der Waals surface area contributed by atoms with Crippen LogP contribution < -0.4 is 5.32 Å². The molecule has 2 atom stereocenters. The van der Waals surface area contributed by atoms with Crippen LogP contribution in [0.25, 0.3) is 0 Å². The lowest BCUT2D eigenvalue weighted by Crippen LogP contribution is -2.42. The van der Waals surface area contributed by atoms with Crippen LogP contribution in [0.1, 0.15) is 43.1 Å². The molecule has 2 aromatic rings. The van der Waals surface area contributed by atoms with Crippen molar-refractivity contribution in [2.24, 2.45) is 11.8 Å². The van der Waals surface area contributed by atoms with Crippen molar-refractivity contribution in [1.82, 2.24) is 4.31 Å². The predicted molar refractivity (Wildman–Crippen MR) is 112 cm³/mol. The molecule has 0 aliphatic carbocycles. The summed E-state index contributed by atoms with van der Waals surface area (Å²) in [4.78, 5) is 12.7. The largest absolute Gasteiger partial charge is 0.322 e. The molecule has 1 aliphatic heterocycles. The van der Waals surface area contributed by atoms with Crippen LogP contribution in [0.3, 0.4) is 0 Å². The molecule has 28 heavy (non-hydrogen) atoms. The molecule has 1 amide bonds. The number of carbonyl (C=O) groups is 1. The van der Waals surface area contributed by atoms with Crippen LogP contribution in [0.15, 0.2) is 53.4 Å². The van der Waals surface area contributed by atoms with E-state index >= 15 is 0 Å². The van der Waals surface area contributed by atoms with Crippen molar-refractivity contribution < 1.29 is 13.2 Å². The van der Waals surface area contributed by atoms with E-state index in [0.717, 1.165) is 24.1 Å². The fraction of sp³-hybridized carbons (Fsp3) is 0.409. The number of rotatable bonds is 5. The normalized spacial score (nSPS) is 20.7. The molecule has 1 N–H and O–H groups in total. The van der Waals surface area contributed by atoms with Gasteiger partial charge in [-0.15, -0.1) is 0 Å². The van der Waals surface area contributed by atoms with Crippen molar-refractivity contribution >= 4 is 21.6 Å². The molecule has 1 heterocycles. The Kier molecular flexibility index (Phi) is 6.20. The maximum Gasteiger partial charge on any atom is 0.255 e. The third-order valence-electron chi connectivity index (χ3n) is 5.18. The van der Waals surface area contributed by atoms with Gasteiger partial charge in [-0.3, -0.25) is 4.79 Å². The van der Waals surface area contributed by atoms with E-state index in [4.69, 9.17) is 0 Å². The summed E-state index contributed by atoms with van der Waals surface area (Å²) in [5, 5.41) is 2.87. The average molecular weight is 401 g/mol. The number of hydrogen-bond donors (Lipinski definition) is 1. The van der Waals surface area contributed by atoms with Gasteiger partial charge in [-0.25, -0.2) is 8.42 Å². The van der Waals surface area contributed by atoms with Crippen molar-refractivity contribution in [3.05, 3.63) is 59.7 Å². The van der Waals surface area contributed by atoms with Crippen LogP contribution in [0.5, 0.6) is 0 Å². The van der Waals surface area contributed by atoms with E-state index in [2.05, 4.69) is 26.1 Å². The third-order valence-corrected chi connectivity index (χ3v) is 7.03. The van der Waals surface area contributed by atoms with Gasteiger partial charge in [-0.2, -0.15) is 4.31 Å². The molecule has 2 aromatic carbocycles. The number of piperidine rings is 1. The maximum absolute atomic E-state index is 12.9. The number of carbonyl (C=O) groups excluding carboxylic acids is 1. The molecule has 0 unspecified atom stereocenters. The highest BCUT2D eigenvalue weighted by Gasteiger charge is 2.31. The van der Waals surface area contributed by atoms with E-state index < -0.39 is 10.0 Å². The molecule has 150 valence electrons. The first-order chi connectivity index (χ1) is 13.3. The lowest BCUT2D eigenvalue weighted by Gasteiger charge is -2.34. The lowest BCUT2D eigenvalue weighted by atomic mass is 9.94. The van der Waals surface area contributed by atoms with Crippen molar-refractivity contribution in [3.8, 4) is 0 Å². The SMILES string of the molecule is CCc1cccc(NC(=O)c2ccc(S(=O)(=O)N3C[C@@H](C)C[C@H](C)C3)cc2)c1. The van der Waals surface area contributed by atoms with Gasteiger partial charge in [0.05, 0.1) is 4.90 Å². The summed E-state index contributed by atoms with van der Waals surface area (Å²) in [6.45, 7) is 7.31. The second-order valence-electron chi connectivity index (χ2n) is 7.80. The van der Waals surface area contributed by atoms with Crippen LogP contribution in [-0.4, -0.2) is 31.7 Å². The summed E-state index contributed by atoms with van der Waals surface area (Å²) in [6.07, 6.45) is 1.94. The minimum Gasteiger partial charge on any atom is -0.322 e. The Bertz CT molecular complexity index is 929. The molecule has 0 saturated carbocycles. The van der Waals surface area contributed by atoms with Crippen molar-refractivity contribution in [2.45, 2.75) is 38.5 Å². The van der Waals surface area contributed by atoms with Gasteiger partial charge in [0, 0.05) is 24.3 Å². The topological polar surface area (TPSA) is 66.5 Å². The zero-order valence-corrected chi connectivity index (χ0v) is 17.5. The van der Waals surface area contributed by atoms with Gasteiger partial charge >= 0.3 is 0 Å². The monoisotopic (exact) mass is 400 g/mol. The second-order valence-corrected chi connectivity index (χ2v) is 9.74. The molecular weight excluding hydrogens is 372 g/mol. The summed E-state index contributed by atoms with van der Waals surface area (Å²) in [5.41, 5.74) is 2.31. The molecule has 5 nitrogen and oxygen atoms in total. The molecular formula is C22H28N2O3S. The summed E-state index contributed by atoms with van der Waals surface area (Å²) in [7, 11) is -3.54. The standard InChI is InChI=1S/C22H28N2O3S/c1-4-18-6-5-7-20(13-18)23-22(25)19-8-10-21(11-9-19)28(26,27)24-14-16(2)12-17(3)15-24/h5-11,13,16-17H,4,12,14-15H2,1-3H3,(H,23,25)/t16-,17-/m0/s1. The van der Waals surface area contributed by atoms with Crippen molar-refractivity contribution in [3.63, 3.8) is 0 Å². The number of hydrogen-bond acceptors (Lipinski definition) is 3. The third kappa shape index (κ3) is 4.62.